The van der Waals surface area contributed by atoms with E-state index in [-0.39, 0.29) is 28.5 Å². The summed E-state index contributed by atoms with van der Waals surface area (Å²) >= 11 is 1.24. The lowest BCUT2D eigenvalue weighted by molar-refractivity contribution is 0.0612. The lowest BCUT2D eigenvalue weighted by atomic mass is 9.95. The number of carboxylic acid groups (broad SMARTS) is 1. The van der Waals surface area contributed by atoms with Crippen molar-refractivity contribution in [3.8, 4) is 0 Å². The molecule has 0 unspecified atom stereocenters. The number of carboxylic acids is 1. The Morgan fingerprint density at radius 3 is 2.21 bits per heavy atom. The molecule has 1 heterocycles. The van der Waals surface area contributed by atoms with Crippen molar-refractivity contribution in [2.75, 3.05) is 6.54 Å². The van der Waals surface area contributed by atoms with Crippen molar-refractivity contribution in [3.05, 3.63) is 21.9 Å². The van der Waals surface area contributed by atoms with Crippen molar-refractivity contribution in [3.63, 3.8) is 0 Å². The molecule has 0 atom stereocenters. The Kier molecular flexibility index (Phi) is 4.74. The molecule has 4 nitrogen and oxygen atoms in total. The number of aromatic carboxylic acids is 1. The van der Waals surface area contributed by atoms with Crippen molar-refractivity contribution >= 4 is 23.2 Å². The number of carbonyl (C=O) groups excluding carboxylic acids is 1. The molecule has 0 bridgehead atoms. The molecule has 0 aliphatic rings. The number of hydrogen-bond acceptors (Lipinski definition) is 3. The number of carbonyl (C=O) groups is 2. The molecule has 19 heavy (non-hydrogen) atoms. The van der Waals surface area contributed by atoms with Crippen LogP contribution in [0, 0.1) is 5.41 Å². The summed E-state index contributed by atoms with van der Waals surface area (Å²) in [6.45, 7) is 10.6. The molecule has 0 saturated carbocycles. The van der Waals surface area contributed by atoms with Gasteiger partial charge in [0.2, 0.25) is 0 Å². The minimum Gasteiger partial charge on any atom is -0.478 e. The van der Waals surface area contributed by atoms with Crippen LogP contribution in [0.3, 0.4) is 0 Å². The summed E-state index contributed by atoms with van der Waals surface area (Å²) in [6.07, 6.45) is 0. The summed E-state index contributed by atoms with van der Waals surface area (Å²) in [7, 11) is 0. The Morgan fingerprint density at radius 1 is 1.26 bits per heavy atom. The number of hydrogen-bond donors (Lipinski definition) is 1. The number of thiophene rings is 1. The predicted octanol–water partition coefficient (Wildman–Crippen LogP) is 3.34. The molecule has 5 heteroatoms. The molecule has 0 aromatic carbocycles. The van der Waals surface area contributed by atoms with Crippen LogP contribution in [0.15, 0.2) is 10.8 Å². The van der Waals surface area contributed by atoms with Gasteiger partial charge in [0.15, 0.2) is 0 Å². The lowest BCUT2D eigenvalue weighted by Gasteiger charge is -2.33. The molecule has 0 aliphatic heterocycles. The van der Waals surface area contributed by atoms with Crippen molar-refractivity contribution in [2.24, 2.45) is 5.41 Å². The zero-order chi connectivity index (χ0) is 14.8. The van der Waals surface area contributed by atoms with Crippen LogP contribution < -0.4 is 0 Å². The Morgan fingerprint density at radius 2 is 1.79 bits per heavy atom. The first-order chi connectivity index (χ1) is 8.63. The molecule has 0 aliphatic carbocycles. The minimum absolute atomic E-state index is 0.0284. The Hall–Kier alpha value is -1.36. The van der Waals surface area contributed by atoms with Gasteiger partial charge in [-0.1, -0.05) is 20.8 Å². The van der Waals surface area contributed by atoms with E-state index in [0.717, 1.165) is 0 Å². The maximum atomic E-state index is 12.5. The monoisotopic (exact) mass is 283 g/mol. The van der Waals surface area contributed by atoms with Crippen molar-refractivity contribution in [1.82, 2.24) is 4.90 Å². The number of nitrogens with zero attached hydrogens (tertiary/aromatic N) is 1. The molecule has 0 radical (unpaired) electrons. The number of amides is 1. The fourth-order valence-electron chi connectivity index (χ4n) is 1.78. The highest BCUT2D eigenvalue weighted by Crippen LogP contribution is 2.22. The normalized spacial score (nSPS) is 11.7. The van der Waals surface area contributed by atoms with E-state index >= 15 is 0 Å². The number of rotatable bonds is 4. The van der Waals surface area contributed by atoms with E-state index in [2.05, 4.69) is 20.8 Å². The third kappa shape index (κ3) is 4.06. The molecule has 1 aromatic rings. The van der Waals surface area contributed by atoms with E-state index in [9.17, 15) is 9.59 Å². The predicted molar refractivity (Wildman–Crippen MR) is 76.9 cm³/mol. The first kappa shape index (κ1) is 15.7. The summed E-state index contributed by atoms with van der Waals surface area (Å²) < 4.78 is 0. The fourth-order valence-corrected chi connectivity index (χ4v) is 2.58. The van der Waals surface area contributed by atoms with Crippen LogP contribution in [0.1, 0.15) is 55.3 Å². The average Bonchev–Trinajstić information content (AvgIpc) is 2.72. The van der Waals surface area contributed by atoms with Gasteiger partial charge in [0, 0.05) is 23.3 Å². The second-order valence-electron chi connectivity index (χ2n) is 6.09. The van der Waals surface area contributed by atoms with Crippen LogP contribution in [0.5, 0.6) is 0 Å². The van der Waals surface area contributed by atoms with Gasteiger partial charge in [-0.15, -0.1) is 0 Å². The molecule has 1 N–H and O–H groups in total. The largest absolute Gasteiger partial charge is 0.478 e. The summed E-state index contributed by atoms with van der Waals surface area (Å²) in [5.41, 5.74) is 0.351. The van der Waals surface area contributed by atoms with Crippen LogP contribution in [-0.2, 0) is 0 Å². The van der Waals surface area contributed by atoms with Crippen LogP contribution in [0.2, 0.25) is 0 Å². The van der Waals surface area contributed by atoms with Gasteiger partial charge in [0.05, 0.1) is 11.1 Å². The van der Waals surface area contributed by atoms with E-state index in [0.29, 0.717) is 6.54 Å². The zero-order valence-corrected chi connectivity index (χ0v) is 12.9. The van der Waals surface area contributed by atoms with Gasteiger partial charge < -0.3 is 10.0 Å². The van der Waals surface area contributed by atoms with Gasteiger partial charge in [0.25, 0.3) is 5.91 Å². The SMILES string of the molecule is CC(C)N(CC(C)(C)C)C(=O)c1cscc1C(=O)O. The van der Waals surface area contributed by atoms with Crippen molar-refractivity contribution < 1.29 is 14.7 Å². The molecular formula is C14H21NO3S. The van der Waals surface area contributed by atoms with Crippen molar-refractivity contribution in [2.45, 2.75) is 40.7 Å². The van der Waals surface area contributed by atoms with Crippen molar-refractivity contribution in [1.29, 1.82) is 0 Å². The second-order valence-corrected chi connectivity index (χ2v) is 6.84. The van der Waals surface area contributed by atoms with Gasteiger partial charge in [-0.05, 0) is 19.3 Å². The second kappa shape index (κ2) is 5.74. The minimum atomic E-state index is -1.05. The molecule has 1 rings (SSSR count). The summed E-state index contributed by atoms with van der Waals surface area (Å²) in [4.78, 5) is 25.4. The Balaban J connectivity index is 3.07. The molecule has 0 fully saturated rings. The van der Waals surface area contributed by atoms with Crippen LogP contribution in [0.4, 0.5) is 0 Å². The van der Waals surface area contributed by atoms with Gasteiger partial charge in [-0.25, -0.2) is 4.79 Å². The van der Waals surface area contributed by atoms with Gasteiger partial charge in [-0.3, -0.25) is 4.79 Å². The first-order valence-corrected chi connectivity index (χ1v) is 7.18. The van der Waals surface area contributed by atoms with E-state index < -0.39 is 5.97 Å². The highest BCUT2D eigenvalue weighted by molar-refractivity contribution is 7.08. The molecule has 1 amide bonds. The van der Waals surface area contributed by atoms with Crippen LogP contribution in [-0.4, -0.2) is 34.5 Å². The van der Waals surface area contributed by atoms with Gasteiger partial charge >= 0.3 is 5.97 Å². The molecule has 106 valence electrons. The zero-order valence-electron chi connectivity index (χ0n) is 12.1. The molecular weight excluding hydrogens is 262 g/mol. The third-order valence-corrected chi connectivity index (χ3v) is 3.40. The molecule has 0 spiro atoms. The van der Waals surface area contributed by atoms with E-state index in [1.165, 1.54) is 16.7 Å². The summed E-state index contributed by atoms with van der Waals surface area (Å²) in [5, 5.41) is 12.2. The maximum Gasteiger partial charge on any atom is 0.337 e. The smallest absolute Gasteiger partial charge is 0.337 e. The van der Waals surface area contributed by atoms with E-state index in [1.807, 2.05) is 13.8 Å². The summed E-state index contributed by atoms with van der Waals surface area (Å²) in [5.74, 6) is -1.26. The quantitative estimate of drug-likeness (QED) is 0.922. The van der Waals surface area contributed by atoms with Gasteiger partial charge in [-0.2, -0.15) is 11.3 Å². The fraction of sp³-hybridized carbons (Fsp3) is 0.571. The Bertz CT molecular complexity index is 471. The van der Waals surface area contributed by atoms with Crippen LogP contribution >= 0.6 is 11.3 Å². The first-order valence-electron chi connectivity index (χ1n) is 6.24. The van der Waals surface area contributed by atoms with E-state index in [1.54, 1.807) is 10.3 Å². The van der Waals surface area contributed by atoms with Crippen LogP contribution in [0.25, 0.3) is 0 Å². The average molecular weight is 283 g/mol. The van der Waals surface area contributed by atoms with Gasteiger partial charge in [0.1, 0.15) is 0 Å². The standard InChI is InChI=1S/C14H21NO3S/c1-9(2)15(8-14(3,4)5)12(16)10-6-19-7-11(10)13(17)18/h6-7,9H,8H2,1-5H3,(H,17,18). The topological polar surface area (TPSA) is 57.6 Å². The lowest BCUT2D eigenvalue weighted by Crippen LogP contribution is -2.42. The molecule has 0 saturated heterocycles. The summed E-state index contributed by atoms with van der Waals surface area (Å²) in [6, 6.07) is 0.0354. The van der Waals surface area contributed by atoms with E-state index in [4.69, 9.17) is 5.11 Å². The Labute approximate surface area is 118 Å². The highest BCUT2D eigenvalue weighted by atomic mass is 32.1. The third-order valence-electron chi connectivity index (χ3n) is 2.65. The molecule has 1 aromatic heterocycles. The highest BCUT2D eigenvalue weighted by Gasteiger charge is 2.27. The maximum absolute atomic E-state index is 12.5.